The van der Waals surface area contributed by atoms with E-state index in [0.29, 0.717) is 16.3 Å². The van der Waals surface area contributed by atoms with Crippen molar-refractivity contribution < 1.29 is 32.6 Å². The summed E-state index contributed by atoms with van der Waals surface area (Å²) in [6, 6.07) is 4.82. The second kappa shape index (κ2) is 5.94. The normalized spacial score (nSPS) is 22.9. The summed E-state index contributed by atoms with van der Waals surface area (Å²) in [5.74, 6) is -2.13. The van der Waals surface area contributed by atoms with Gasteiger partial charge in [0.1, 0.15) is 12.4 Å². The van der Waals surface area contributed by atoms with Gasteiger partial charge in [0.15, 0.2) is 5.41 Å². The molecular weight excluding hydrogens is 363 g/mol. The molecule has 2 aliphatic heterocycles. The highest BCUT2D eigenvalue weighted by Crippen LogP contribution is 2.46. The standard InChI is InChI=1S/C16H13ClF3NO4/c17-11-1-2-12-9(6-11)5-10(7-25-12)13(22)21-4-3-15(8-21,14(23)24)16(18,19)20/h1-2,5-6H,3-4,7-8H2,(H,23,24). The van der Waals surface area contributed by atoms with Crippen LogP contribution in [0.5, 0.6) is 5.75 Å². The number of ether oxygens (including phenoxy) is 1. The Morgan fingerprint density at radius 2 is 2.04 bits per heavy atom. The van der Waals surface area contributed by atoms with Gasteiger partial charge >= 0.3 is 12.1 Å². The Kier molecular flexibility index (Phi) is 4.18. The Morgan fingerprint density at radius 3 is 2.64 bits per heavy atom. The van der Waals surface area contributed by atoms with Crippen molar-refractivity contribution in [2.75, 3.05) is 19.7 Å². The van der Waals surface area contributed by atoms with Crippen molar-refractivity contribution in [3.63, 3.8) is 0 Å². The Morgan fingerprint density at radius 1 is 1.32 bits per heavy atom. The van der Waals surface area contributed by atoms with Crippen LogP contribution in [0.25, 0.3) is 6.08 Å². The number of likely N-dealkylation sites (tertiary alicyclic amines) is 1. The average Bonchev–Trinajstić information content (AvgIpc) is 3.00. The highest BCUT2D eigenvalue weighted by molar-refractivity contribution is 6.30. The fraction of sp³-hybridized carbons (Fsp3) is 0.375. The van der Waals surface area contributed by atoms with Crippen LogP contribution in [0.15, 0.2) is 23.8 Å². The van der Waals surface area contributed by atoms with E-state index in [4.69, 9.17) is 21.4 Å². The van der Waals surface area contributed by atoms with Gasteiger partial charge in [-0.1, -0.05) is 11.6 Å². The van der Waals surface area contributed by atoms with E-state index in [1.54, 1.807) is 18.2 Å². The highest BCUT2D eigenvalue weighted by Gasteiger charge is 2.64. The molecular formula is C16H13ClF3NO4. The molecule has 0 saturated carbocycles. The molecule has 1 saturated heterocycles. The fourth-order valence-corrected chi connectivity index (χ4v) is 3.17. The largest absolute Gasteiger partial charge is 0.488 e. The molecule has 1 amide bonds. The minimum Gasteiger partial charge on any atom is -0.488 e. The number of alkyl halides is 3. The van der Waals surface area contributed by atoms with E-state index in [1.807, 2.05) is 0 Å². The van der Waals surface area contributed by atoms with Crippen molar-refractivity contribution in [3.8, 4) is 5.75 Å². The number of carboxylic acid groups (broad SMARTS) is 1. The molecule has 1 unspecified atom stereocenters. The number of benzene rings is 1. The Bertz CT molecular complexity index is 777. The Labute approximate surface area is 145 Å². The zero-order valence-electron chi connectivity index (χ0n) is 12.8. The summed E-state index contributed by atoms with van der Waals surface area (Å²) in [6.07, 6.45) is -4.11. The van der Waals surface area contributed by atoms with Gasteiger partial charge in [0.05, 0.1) is 5.57 Å². The third-order valence-electron chi connectivity index (χ3n) is 4.47. The summed E-state index contributed by atoms with van der Waals surface area (Å²) in [7, 11) is 0. The predicted molar refractivity (Wildman–Crippen MR) is 82.2 cm³/mol. The second-order valence-electron chi connectivity index (χ2n) is 6.00. The molecule has 3 rings (SSSR count). The molecule has 0 bridgehead atoms. The van der Waals surface area contributed by atoms with Gasteiger partial charge in [0.2, 0.25) is 0 Å². The van der Waals surface area contributed by atoms with Gasteiger partial charge in [-0.3, -0.25) is 9.59 Å². The number of carbonyl (C=O) groups is 2. The summed E-state index contributed by atoms with van der Waals surface area (Å²) in [6.45, 7) is -1.30. The van der Waals surface area contributed by atoms with E-state index in [9.17, 15) is 22.8 Å². The van der Waals surface area contributed by atoms with E-state index in [2.05, 4.69) is 0 Å². The lowest BCUT2D eigenvalue weighted by molar-refractivity contribution is -0.227. The average molecular weight is 376 g/mol. The number of nitrogens with zero attached hydrogens (tertiary/aromatic N) is 1. The van der Waals surface area contributed by atoms with E-state index in [0.717, 1.165) is 4.90 Å². The van der Waals surface area contributed by atoms with E-state index < -0.39 is 36.4 Å². The van der Waals surface area contributed by atoms with Crippen LogP contribution in [-0.2, 0) is 9.59 Å². The van der Waals surface area contributed by atoms with Crippen LogP contribution in [0.3, 0.4) is 0 Å². The van der Waals surface area contributed by atoms with Crippen molar-refractivity contribution in [1.82, 2.24) is 4.90 Å². The van der Waals surface area contributed by atoms with Crippen LogP contribution in [0.1, 0.15) is 12.0 Å². The number of hydrogen-bond acceptors (Lipinski definition) is 3. The third kappa shape index (κ3) is 2.95. The maximum Gasteiger partial charge on any atom is 0.406 e. The molecule has 0 spiro atoms. The quantitative estimate of drug-likeness (QED) is 0.863. The first-order chi connectivity index (χ1) is 11.6. The third-order valence-corrected chi connectivity index (χ3v) is 4.70. The molecule has 1 fully saturated rings. The highest BCUT2D eigenvalue weighted by atomic mass is 35.5. The molecule has 0 aliphatic carbocycles. The topological polar surface area (TPSA) is 66.8 Å². The number of aliphatic carboxylic acids is 1. The smallest absolute Gasteiger partial charge is 0.406 e. The van der Waals surface area contributed by atoms with Crippen molar-refractivity contribution in [3.05, 3.63) is 34.4 Å². The molecule has 0 radical (unpaired) electrons. The van der Waals surface area contributed by atoms with Crippen LogP contribution in [0.2, 0.25) is 5.02 Å². The number of carboxylic acids is 1. The summed E-state index contributed by atoms with van der Waals surface area (Å²) in [4.78, 5) is 24.6. The van der Waals surface area contributed by atoms with Crippen LogP contribution in [-0.4, -0.2) is 47.8 Å². The van der Waals surface area contributed by atoms with Gasteiger partial charge in [-0.15, -0.1) is 0 Å². The number of halogens is 4. The van der Waals surface area contributed by atoms with E-state index >= 15 is 0 Å². The molecule has 2 aliphatic rings. The molecule has 1 N–H and O–H groups in total. The molecule has 9 heteroatoms. The van der Waals surface area contributed by atoms with Gasteiger partial charge in [0, 0.05) is 23.7 Å². The summed E-state index contributed by atoms with van der Waals surface area (Å²) >= 11 is 5.88. The van der Waals surface area contributed by atoms with Gasteiger partial charge in [0.25, 0.3) is 5.91 Å². The summed E-state index contributed by atoms with van der Waals surface area (Å²) in [5, 5.41) is 9.48. The summed E-state index contributed by atoms with van der Waals surface area (Å²) < 4.78 is 45.1. The van der Waals surface area contributed by atoms with E-state index in [-0.39, 0.29) is 18.7 Å². The van der Waals surface area contributed by atoms with Gasteiger partial charge < -0.3 is 14.7 Å². The molecule has 25 heavy (non-hydrogen) atoms. The predicted octanol–water partition coefficient (Wildman–Crippen LogP) is 2.98. The maximum absolute atomic E-state index is 13.2. The van der Waals surface area contributed by atoms with Crippen molar-refractivity contribution in [2.45, 2.75) is 12.6 Å². The van der Waals surface area contributed by atoms with Gasteiger partial charge in [-0.25, -0.2) is 0 Å². The van der Waals surface area contributed by atoms with Crippen LogP contribution >= 0.6 is 11.6 Å². The van der Waals surface area contributed by atoms with Crippen LogP contribution in [0, 0.1) is 5.41 Å². The fourth-order valence-electron chi connectivity index (χ4n) is 2.99. The minimum atomic E-state index is -4.94. The Balaban J connectivity index is 1.85. The van der Waals surface area contributed by atoms with Gasteiger partial charge in [-0.2, -0.15) is 13.2 Å². The lowest BCUT2D eigenvalue weighted by atomic mass is 9.86. The van der Waals surface area contributed by atoms with Crippen molar-refractivity contribution in [2.24, 2.45) is 5.41 Å². The zero-order chi connectivity index (χ0) is 18.4. The summed E-state index contributed by atoms with van der Waals surface area (Å²) in [5.41, 5.74) is -2.24. The second-order valence-corrected chi connectivity index (χ2v) is 6.44. The maximum atomic E-state index is 13.2. The molecule has 1 aromatic carbocycles. The van der Waals surface area contributed by atoms with Crippen molar-refractivity contribution >= 4 is 29.6 Å². The lowest BCUT2D eigenvalue weighted by Gasteiger charge is -2.28. The number of amides is 1. The monoisotopic (exact) mass is 375 g/mol. The lowest BCUT2D eigenvalue weighted by Crippen LogP contribution is -2.48. The molecule has 0 aromatic heterocycles. The first-order valence-corrected chi connectivity index (χ1v) is 7.74. The number of rotatable bonds is 2. The number of carbonyl (C=O) groups excluding carboxylic acids is 1. The number of fused-ring (bicyclic) bond motifs is 1. The first kappa shape index (κ1) is 17.6. The zero-order valence-corrected chi connectivity index (χ0v) is 13.5. The van der Waals surface area contributed by atoms with Crippen LogP contribution < -0.4 is 4.74 Å². The number of hydrogen-bond donors (Lipinski definition) is 1. The Hall–Kier alpha value is -2.22. The molecule has 1 aromatic rings. The first-order valence-electron chi connectivity index (χ1n) is 7.36. The SMILES string of the molecule is O=C(C1=Cc2cc(Cl)ccc2OC1)N1CCC(C(=O)O)(C(F)(F)F)C1. The van der Waals surface area contributed by atoms with E-state index in [1.165, 1.54) is 6.08 Å². The molecule has 1 atom stereocenters. The minimum absolute atomic E-state index is 0.101. The van der Waals surface area contributed by atoms with Gasteiger partial charge in [-0.05, 0) is 30.7 Å². The molecule has 5 nitrogen and oxygen atoms in total. The molecule has 2 heterocycles. The van der Waals surface area contributed by atoms with Crippen molar-refractivity contribution in [1.29, 1.82) is 0 Å². The van der Waals surface area contributed by atoms with Crippen LogP contribution in [0.4, 0.5) is 13.2 Å². The molecule has 134 valence electrons.